The normalized spacial score (nSPS) is 11.8. The van der Waals surface area contributed by atoms with Crippen LogP contribution in [0.15, 0.2) is 119 Å². The van der Waals surface area contributed by atoms with Gasteiger partial charge in [-0.3, -0.25) is 20.0 Å². The highest BCUT2D eigenvalue weighted by atomic mass is 14.9. The average molecular weight is 519 g/mol. The number of hydrogen-bond donors (Lipinski definition) is 2. The number of aromatic nitrogens is 6. The topological polar surface area (TPSA) is 108 Å². The molecule has 2 N–H and O–H groups in total. The first-order valence-corrected chi connectivity index (χ1v) is 12.8. The van der Waals surface area contributed by atoms with Gasteiger partial charge < -0.3 is 9.97 Å². The number of pyridine rings is 2. The van der Waals surface area contributed by atoms with Crippen LogP contribution in [0.25, 0.3) is 44.8 Å². The summed E-state index contributed by atoms with van der Waals surface area (Å²) in [5, 5.41) is 0. The fourth-order valence-corrected chi connectivity index (χ4v) is 4.40. The molecule has 4 aromatic heterocycles. The van der Waals surface area contributed by atoms with E-state index in [2.05, 4.69) is 36.0 Å². The van der Waals surface area contributed by atoms with Gasteiger partial charge >= 0.3 is 0 Å². The predicted octanol–water partition coefficient (Wildman–Crippen LogP) is 7.06. The lowest BCUT2D eigenvalue weighted by atomic mass is 10.2. The molecule has 7 aromatic rings. The molecular weight excluding hydrogens is 496 g/mol. The summed E-state index contributed by atoms with van der Waals surface area (Å²) < 4.78 is 0. The largest absolute Gasteiger partial charge is 0.338 e. The van der Waals surface area contributed by atoms with E-state index in [0.29, 0.717) is 0 Å². The van der Waals surface area contributed by atoms with E-state index in [1.165, 1.54) is 0 Å². The number of fused-ring (bicyclic) bond motifs is 2. The molecule has 0 amide bonds. The highest BCUT2D eigenvalue weighted by Crippen LogP contribution is 2.28. The van der Waals surface area contributed by atoms with Gasteiger partial charge in [0.25, 0.3) is 0 Å². The van der Waals surface area contributed by atoms with Gasteiger partial charge in [0.05, 0.1) is 57.3 Å². The molecule has 0 spiro atoms. The maximum Gasteiger partial charge on any atom is 0.138 e. The number of nitrogens with one attached hydrogen (secondary N) is 2. The number of H-pyrrole nitrogens is 2. The SMILES string of the molecule is C(=Nc1ccc(-c2nc3ccc(-c4nc5ccc(N=Cc6ccccn6)cc5[nH]4)cc3[nH]2)cc1)c1ccccn1. The Bertz CT molecular complexity index is 1990. The average Bonchev–Trinajstić information content (AvgIpc) is 3.64. The van der Waals surface area contributed by atoms with Crippen molar-refractivity contribution in [1.82, 2.24) is 29.9 Å². The summed E-state index contributed by atoms with van der Waals surface area (Å²) in [7, 11) is 0. The van der Waals surface area contributed by atoms with Crippen LogP contribution < -0.4 is 0 Å². The quantitative estimate of drug-likeness (QED) is 0.230. The fraction of sp³-hybridized carbons (Fsp3) is 0. The smallest absolute Gasteiger partial charge is 0.138 e. The Balaban J connectivity index is 1.12. The van der Waals surface area contributed by atoms with E-state index in [0.717, 1.165) is 67.6 Å². The molecule has 40 heavy (non-hydrogen) atoms. The maximum atomic E-state index is 4.79. The molecule has 8 nitrogen and oxygen atoms in total. The highest BCUT2D eigenvalue weighted by molar-refractivity contribution is 5.88. The van der Waals surface area contributed by atoms with Gasteiger partial charge in [0.2, 0.25) is 0 Å². The molecule has 0 atom stereocenters. The third-order valence-corrected chi connectivity index (χ3v) is 6.43. The van der Waals surface area contributed by atoms with Gasteiger partial charge in [0, 0.05) is 23.5 Å². The van der Waals surface area contributed by atoms with E-state index >= 15 is 0 Å². The first-order valence-electron chi connectivity index (χ1n) is 12.8. The molecule has 4 heterocycles. The van der Waals surface area contributed by atoms with Crippen molar-refractivity contribution in [3.05, 3.63) is 121 Å². The Labute approximate surface area is 229 Å². The summed E-state index contributed by atoms with van der Waals surface area (Å²) in [5.74, 6) is 1.58. The Morgan fingerprint density at radius 3 is 1.73 bits per heavy atom. The molecule has 7 rings (SSSR count). The fourth-order valence-electron chi connectivity index (χ4n) is 4.40. The predicted molar refractivity (Wildman–Crippen MR) is 160 cm³/mol. The minimum atomic E-state index is 0.786. The molecule has 0 unspecified atom stereocenters. The summed E-state index contributed by atoms with van der Waals surface area (Å²) in [6.07, 6.45) is 7.02. The molecule has 0 fully saturated rings. The van der Waals surface area contributed by atoms with Crippen molar-refractivity contribution < 1.29 is 0 Å². The second-order valence-corrected chi connectivity index (χ2v) is 9.18. The van der Waals surface area contributed by atoms with E-state index in [1.807, 2.05) is 91.0 Å². The van der Waals surface area contributed by atoms with Gasteiger partial charge in [-0.2, -0.15) is 0 Å². The first kappa shape index (κ1) is 23.4. The van der Waals surface area contributed by atoms with Crippen molar-refractivity contribution in [2.24, 2.45) is 9.98 Å². The van der Waals surface area contributed by atoms with Crippen molar-refractivity contribution in [1.29, 1.82) is 0 Å². The number of hydrogen-bond acceptors (Lipinski definition) is 6. The molecule has 0 saturated carbocycles. The van der Waals surface area contributed by atoms with Gasteiger partial charge in [-0.15, -0.1) is 0 Å². The third-order valence-electron chi connectivity index (χ3n) is 6.43. The summed E-state index contributed by atoms with van der Waals surface area (Å²) >= 11 is 0. The number of rotatable bonds is 6. The monoisotopic (exact) mass is 518 g/mol. The van der Waals surface area contributed by atoms with Crippen molar-refractivity contribution in [2.75, 3.05) is 0 Å². The van der Waals surface area contributed by atoms with Crippen LogP contribution in [0, 0.1) is 0 Å². The zero-order valence-corrected chi connectivity index (χ0v) is 21.2. The Morgan fingerprint density at radius 1 is 0.525 bits per heavy atom. The van der Waals surface area contributed by atoms with Crippen molar-refractivity contribution in [3.63, 3.8) is 0 Å². The molecule has 0 aliphatic rings. The second kappa shape index (κ2) is 10.2. The molecular formula is C32H22N8. The highest BCUT2D eigenvalue weighted by Gasteiger charge is 2.10. The summed E-state index contributed by atoms with van der Waals surface area (Å²) in [4.78, 5) is 34.1. The lowest BCUT2D eigenvalue weighted by Crippen LogP contribution is -1.84. The van der Waals surface area contributed by atoms with Crippen LogP contribution in [0.3, 0.4) is 0 Å². The van der Waals surface area contributed by atoms with E-state index in [9.17, 15) is 0 Å². The molecule has 8 heteroatoms. The van der Waals surface area contributed by atoms with E-state index in [4.69, 9.17) is 9.97 Å². The van der Waals surface area contributed by atoms with Gasteiger partial charge in [-0.25, -0.2) is 9.97 Å². The van der Waals surface area contributed by atoms with Crippen molar-refractivity contribution >= 4 is 45.9 Å². The molecule has 190 valence electrons. The second-order valence-electron chi connectivity index (χ2n) is 9.18. The van der Waals surface area contributed by atoms with Crippen LogP contribution in [0.4, 0.5) is 11.4 Å². The molecule has 3 aromatic carbocycles. The van der Waals surface area contributed by atoms with E-state index < -0.39 is 0 Å². The van der Waals surface area contributed by atoms with Gasteiger partial charge in [-0.1, -0.05) is 12.1 Å². The summed E-state index contributed by atoms with van der Waals surface area (Å²) in [6.45, 7) is 0. The van der Waals surface area contributed by atoms with Crippen LogP contribution in [-0.2, 0) is 0 Å². The summed E-state index contributed by atoms with van der Waals surface area (Å²) in [5.41, 5.74) is 8.88. The van der Waals surface area contributed by atoms with Crippen LogP contribution in [-0.4, -0.2) is 42.3 Å². The first-order chi connectivity index (χ1) is 19.8. The van der Waals surface area contributed by atoms with Gasteiger partial charge in [0.1, 0.15) is 11.6 Å². The van der Waals surface area contributed by atoms with Crippen LogP contribution >= 0.6 is 0 Å². The lowest BCUT2D eigenvalue weighted by molar-refractivity contribution is 1.30. The van der Waals surface area contributed by atoms with Crippen molar-refractivity contribution in [2.45, 2.75) is 0 Å². The Hall–Kier alpha value is -5.76. The minimum absolute atomic E-state index is 0.786. The van der Waals surface area contributed by atoms with E-state index in [-0.39, 0.29) is 0 Å². The van der Waals surface area contributed by atoms with Crippen molar-refractivity contribution in [3.8, 4) is 22.8 Å². The van der Waals surface area contributed by atoms with Crippen LogP contribution in [0.5, 0.6) is 0 Å². The van der Waals surface area contributed by atoms with E-state index in [1.54, 1.807) is 24.8 Å². The van der Waals surface area contributed by atoms with Gasteiger partial charge in [-0.05, 0) is 84.9 Å². The third kappa shape index (κ3) is 4.89. The van der Waals surface area contributed by atoms with Crippen LogP contribution in [0.2, 0.25) is 0 Å². The standard InChI is InChI=1S/C32H22N8/c1-3-15-33-25(5-1)19-35-23-10-7-21(8-11-23)31-37-27-13-9-22(17-29(27)39-31)32-38-28-14-12-24(18-30(28)40-32)36-20-26-6-2-4-16-34-26/h1-20H,(H,37,39)(H,38,40). The molecule has 0 saturated heterocycles. The number of benzene rings is 3. The maximum absolute atomic E-state index is 4.79. The number of nitrogens with zero attached hydrogens (tertiary/aromatic N) is 6. The zero-order valence-electron chi connectivity index (χ0n) is 21.2. The molecule has 0 aliphatic heterocycles. The minimum Gasteiger partial charge on any atom is -0.338 e. The molecule has 0 bridgehead atoms. The lowest BCUT2D eigenvalue weighted by Gasteiger charge is -1.98. The Morgan fingerprint density at radius 2 is 1.07 bits per heavy atom. The van der Waals surface area contributed by atoms with Crippen LogP contribution in [0.1, 0.15) is 11.4 Å². The molecule has 0 aliphatic carbocycles. The molecule has 0 radical (unpaired) electrons. The number of imidazole rings is 2. The zero-order chi connectivity index (χ0) is 26.7. The Kier molecular flexibility index (Phi) is 5.95. The number of aromatic amines is 2. The van der Waals surface area contributed by atoms with Gasteiger partial charge in [0.15, 0.2) is 0 Å². The summed E-state index contributed by atoms with van der Waals surface area (Å²) in [6, 6.07) is 31.5. The number of aliphatic imine (C=N–C) groups is 2.